The van der Waals surface area contributed by atoms with Gasteiger partial charge in [-0.3, -0.25) is 9.69 Å². The van der Waals surface area contributed by atoms with E-state index < -0.39 is 0 Å². The normalized spacial score (nSPS) is 24.7. The monoisotopic (exact) mass is 236 g/mol. The number of nitrogens with zero attached hydrogens (tertiary/aromatic N) is 1. The van der Waals surface area contributed by atoms with E-state index in [0.29, 0.717) is 12.5 Å². The summed E-state index contributed by atoms with van der Waals surface area (Å²) in [5.74, 6) is 1.85. The zero-order valence-electron chi connectivity index (χ0n) is 10.6. The highest BCUT2D eigenvalue weighted by molar-refractivity contribution is 5.81. The minimum Gasteiger partial charge on any atom is -0.468 e. The van der Waals surface area contributed by atoms with Gasteiger partial charge in [0.15, 0.2) is 0 Å². The van der Waals surface area contributed by atoms with E-state index in [4.69, 9.17) is 4.42 Å². The van der Waals surface area contributed by atoms with Crippen molar-refractivity contribution >= 4 is 5.91 Å². The molecule has 1 saturated carbocycles. The third kappa shape index (κ3) is 2.88. The van der Waals surface area contributed by atoms with Gasteiger partial charge in [-0.05, 0) is 38.6 Å². The molecule has 1 aromatic rings. The van der Waals surface area contributed by atoms with Crippen LogP contribution in [0.25, 0.3) is 0 Å². The van der Waals surface area contributed by atoms with Crippen molar-refractivity contribution in [2.75, 3.05) is 20.6 Å². The van der Waals surface area contributed by atoms with E-state index >= 15 is 0 Å². The van der Waals surface area contributed by atoms with Crippen LogP contribution >= 0.6 is 0 Å². The number of likely N-dealkylation sites (N-methyl/N-ethyl adjacent to an activating group) is 1. The maximum absolute atomic E-state index is 11.8. The van der Waals surface area contributed by atoms with Gasteiger partial charge in [-0.15, -0.1) is 0 Å². The molecule has 1 amide bonds. The highest BCUT2D eigenvalue weighted by atomic mass is 16.3. The van der Waals surface area contributed by atoms with Crippen LogP contribution in [-0.4, -0.2) is 31.4 Å². The first-order chi connectivity index (χ1) is 8.09. The average Bonchev–Trinajstić information content (AvgIpc) is 2.79. The van der Waals surface area contributed by atoms with Gasteiger partial charge >= 0.3 is 0 Å². The molecule has 17 heavy (non-hydrogen) atoms. The van der Waals surface area contributed by atoms with E-state index in [2.05, 4.69) is 17.1 Å². The number of carbonyl (C=O) groups is 1. The van der Waals surface area contributed by atoms with Gasteiger partial charge in [0.05, 0.1) is 12.3 Å². The van der Waals surface area contributed by atoms with E-state index in [-0.39, 0.29) is 17.9 Å². The van der Waals surface area contributed by atoms with E-state index in [1.165, 1.54) is 0 Å². The molecule has 1 heterocycles. The number of nitrogens with one attached hydrogen (secondary N) is 1. The molecule has 1 aromatic heterocycles. The molecule has 0 spiro atoms. The minimum absolute atomic E-state index is 0.100. The number of hydrogen-bond acceptors (Lipinski definition) is 3. The second kappa shape index (κ2) is 4.92. The van der Waals surface area contributed by atoms with Crippen LogP contribution in [0.4, 0.5) is 0 Å². The number of carbonyl (C=O) groups excluding carboxylic acids is 1. The van der Waals surface area contributed by atoms with Crippen molar-refractivity contribution in [2.45, 2.75) is 19.4 Å². The molecule has 3 atom stereocenters. The summed E-state index contributed by atoms with van der Waals surface area (Å²) in [6.45, 7) is 2.71. The van der Waals surface area contributed by atoms with Crippen LogP contribution < -0.4 is 5.32 Å². The van der Waals surface area contributed by atoms with E-state index in [0.717, 1.165) is 12.2 Å². The zero-order valence-corrected chi connectivity index (χ0v) is 10.6. The van der Waals surface area contributed by atoms with Crippen molar-refractivity contribution in [3.05, 3.63) is 24.2 Å². The maximum atomic E-state index is 11.8. The lowest BCUT2D eigenvalue weighted by atomic mass is 10.2. The SMILES string of the molecule is CC1CC1C(=O)NCC(c1ccco1)N(C)C. The molecule has 0 radical (unpaired) electrons. The first kappa shape index (κ1) is 12.2. The van der Waals surface area contributed by atoms with E-state index in [1.807, 2.05) is 26.2 Å². The van der Waals surface area contributed by atoms with Crippen LogP contribution in [0.15, 0.2) is 22.8 Å². The van der Waals surface area contributed by atoms with Crippen molar-refractivity contribution in [1.82, 2.24) is 10.2 Å². The molecule has 1 fully saturated rings. The maximum Gasteiger partial charge on any atom is 0.223 e. The van der Waals surface area contributed by atoms with Crippen LogP contribution in [0.3, 0.4) is 0 Å². The van der Waals surface area contributed by atoms with Crippen LogP contribution in [0.1, 0.15) is 25.1 Å². The molecule has 0 aliphatic heterocycles. The van der Waals surface area contributed by atoms with Gasteiger partial charge in [-0.25, -0.2) is 0 Å². The highest BCUT2D eigenvalue weighted by Crippen LogP contribution is 2.37. The van der Waals surface area contributed by atoms with Gasteiger partial charge < -0.3 is 9.73 Å². The van der Waals surface area contributed by atoms with Crippen LogP contribution in [-0.2, 0) is 4.79 Å². The van der Waals surface area contributed by atoms with Crippen molar-refractivity contribution in [3.8, 4) is 0 Å². The van der Waals surface area contributed by atoms with Gasteiger partial charge in [0.2, 0.25) is 5.91 Å². The second-order valence-electron chi connectivity index (χ2n) is 5.06. The van der Waals surface area contributed by atoms with Crippen LogP contribution in [0, 0.1) is 11.8 Å². The summed E-state index contributed by atoms with van der Waals surface area (Å²) >= 11 is 0. The number of rotatable bonds is 5. The Morgan fingerprint density at radius 1 is 1.65 bits per heavy atom. The summed E-state index contributed by atoms with van der Waals surface area (Å²) in [5, 5.41) is 3.00. The molecule has 3 unspecified atom stereocenters. The summed E-state index contributed by atoms with van der Waals surface area (Å²) in [7, 11) is 3.97. The molecular formula is C13H20N2O2. The van der Waals surface area contributed by atoms with Gasteiger partial charge in [0.1, 0.15) is 5.76 Å². The fraction of sp³-hybridized carbons (Fsp3) is 0.615. The summed E-state index contributed by atoms with van der Waals surface area (Å²) in [6, 6.07) is 3.91. The summed E-state index contributed by atoms with van der Waals surface area (Å²) in [6.07, 6.45) is 2.69. The lowest BCUT2D eigenvalue weighted by Crippen LogP contribution is -2.35. The Hall–Kier alpha value is -1.29. The molecule has 0 saturated heterocycles. The Morgan fingerprint density at radius 2 is 2.35 bits per heavy atom. The molecule has 4 heteroatoms. The molecule has 94 valence electrons. The number of hydrogen-bond donors (Lipinski definition) is 1. The van der Waals surface area contributed by atoms with E-state index in [9.17, 15) is 4.79 Å². The Labute approximate surface area is 102 Å². The Morgan fingerprint density at radius 3 is 2.82 bits per heavy atom. The molecule has 2 rings (SSSR count). The Balaban J connectivity index is 1.88. The first-order valence-corrected chi connectivity index (χ1v) is 6.07. The molecule has 4 nitrogen and oxygen atoms in total. The highest BCUT2D eigenvalue weighted by Gasteiger charge is 2.39. The smallest absolute Gasteiger partial charge is 0.223 e. The van der Waals surface area contributed by atoms with Gasteiger partial charge in [0.25, 0.3) is 0 Å². The van der Waals surface area contributed by atoms with E-state index in [1.54, 1.807) is 6.26 Å². The van der Waals surface area contributed by atoms with Gasteiger partial charge in [-0.2, -0.15) is 0 Å². The fourth-order valence-corrected chi connectivity index (χ4v) is 2.03. The van der Waals surface area contributed by atoms with Crippen molar-refractivity contribution < 1.29 is 9.21 Å². The van der Waals surface area contributed by atoms with Crippen LogP contribution in [0.2, 0.25) is 0 Å². The predicted octanol–water partition coefficient (Wildman–Crippen LogP) is 1.65. The summed E-state index contributed by atoms with van der Waals surface area (Å²) in [5.41, 5.74) is 0. The third-order valence-electron chi connectivity index (χ3n) is 3.41. The standard InChI is InChI=1S/C13H20N2O2/c1-9-7-10(9)13(16)14-8-11(15(2)3)12-5-4-6-17-12/h4-6,9-11H,7-8H2,1-3H3,(H,14,16). The molecule has 0 aromatic carbocycles. The molecule has 1 N–H and O–H groups in total. The lowest BCUT2D eigenvalue weighted by Gasteiger charge is -2.22. The quantitative estimate of drug-likeness (QED) is 0.845. The van der Waals surface area contributed by atoms with Gasteiger partial charge in [-0.1, -0.05) is 6.92 Å². The predicted molar refractivity (Wildman–Crippen MR) is 65.4 cm³/mol. The number of furan rings is 1. The van der Waals surface area contributed by atoms with Crippen molar-refractivity contribution in [1.29, 1.82) is 0 Å². The average molecular weight is 236 g/mol. The van der Waals surface area contributed by atoms with Crippen molar-refractivity contribution in [3.63, 3.8) is 0 Å². The summed E-state index contributed by atoms with van der Waals surface area (Å²) < 4.78 is 5.39. The summed E-state index contributed by atoms with van der Waals surface area (Å²) in [4.78, 5) is 13.8. The minimum atomic E-state index is 0.100. The second-order valence-corrected chi connectivity index (χ2v) is 5.06. The largest absolute Gasteiger partial charge is 0.468 e. The molecule has 1 aliphatic rings. The third-order valence-corrected chi connectivity index (χ3v) is 3.41. The topological polar surface area (TPSA) is 45.5 Å². The molecular weight excluding hydrogens is 216 g/mol. The zero-order chi connectivity index (χ0) is 12.4. The number of amides is 1. The van der Waals surface area contributed by atoms with Gasteiger partial charge in [0, 0.05) is 12.5 Å². The first-order valence-electron chi connectivity index (χ1n) is 6.07. The molecule has 1 aliphatic carbocycles. The van der Waals surface area contributed by atoms with Crippen LogP contribution in [0.5, 0.6) is 0 Å². The lowest BCUT2D eigenvalue weighted by molar-refractivity contribution is -0.122. The fourth-order valence-electron chi connectivity index (χ4n) is 2.03. The van der Waals surface area contributed by atoms with Crippen molar-refractivity contribution in [2.24, 2.45) is 11.8 Å². The Bertz CT molecular complexity index is 373. The Kier molecular flexibility index (Phi) is 3.52. The molecule has 0 bridgehead atoms.